The smallest absolute Gasteiger partial charge is 0.351 e. The van der Waals surface area contributed by atoms with E-state index < -0.39 is 36.3 Å². The summed E-state index contributed by atoms with van der Waals surface area (Å²) in [5.41, 5.74) is 4.74. The number of anilines is 1. The fourth-order valence-electron chi connectivity index (χ4n) is 2.06. The quantitative estimate of drug-likeness (QED) is 0.610. The average molecular weight is 271 g/mol. The number of aliphatic hydroxyl groups excluding tert-OH is 2. The van der Waals surface area contributed by atoms with Gasteiger partial charge in [-0.2, -0.15) is 4.98 Å². The molecule has 106 valence electrons. The minimum Gasteiger partial charge on any atom is -0.387 e. The Bertz CT molecular complexity index is 505. The first-order valence-corrected chi connectivity index (χ1v) is 5.84. The van der Waals surface area contributed by atoms with E-state index in [0.717, 1.165) is 4.57 Å². The highest BCUT2D eigenvalue weighted by molar-refractivity contribution is 5.23. The molecule has 8 heteroatoms. The molecule has 0 aliphatic carbocycles. The van der Waals surface area contributed by atoms with E-state index in [4.69, 9.17) is 15.2 Å². The highest BCUT2D eigenvalue weighted by atomic mass is 16.6. The van der Waals surface area contributed by atoms with Gasteiger partial charge in [0.15, 0.2) is 6.23 Å². The molecule has 0 amide bonds. The highest BCUT2D eigenvalue weighted by Crippen LogP contribution is 2.30. The first-order chi connectivity index (χ1) is 8.95. The third-order valence-corrected chi connectivity index (χ3v) is 3.24. The monoisotopic (exact) mass is 271 g/mol. The Balaban J connectivity index is 2.29. The topological polar surface area (TPSA) is 120 Å². The Hall–Kier alpha value is -1.48. The van der Waals surface area contributed by atoms with E-state index in [2.05, 4.69) is 4.98 Å². The number of aliphatic hydroxyl groups is 2. The normalized spacial score (nSPS) is 32.4. The zero-order valence-corrected chi connectivity index (χ0v) is 10.6. The Morgan fingerprint density at radius 3 is 2.79 bits per heavy atom. The molecule has 0 aromatic carbocycles. The number of hydrogen-bond donors (Lipinski definition) is 3. The summed E-state index contributed by atoms with van der Waals surface area (Å²) in [4.78, 5) is 15.2. The zero-order chi connectivity index (χ0) is 14.2. The van der Waals surface area contributed by atoms with Crippen LogP contribution in [-0.4, -0.2) is 51.3 Å². The third-order valence-electron chi connectivity index (χ3n) is 3.24. The molecule has 4 N–H and O–H groups in total. The Labute approximate surface area is 109 Å². The SMILES string of the molecule is COC(C)[C@H]1O[C@@H](n2ccc(N)nc2=O)[C@H](O)[C@@H]1O. The van der Waals surface area contributed by atoms with Crippen molar-refractivity contribution in [3.63, 3.8) is 0 Å². The van der Waals surface area contributed by atoms with E-state index in [-0.39, 0.29) is 5.82 Å². The average Bonchev–Trinajstić information content (AvgIpc) is 2.66. The van der Waals surface area contributed by atoms with Gasteiger partial charge in [0.05, 0.1) is 6.10 Å². The maximum Gasteiger partial charge on any atom is 0.351 e. The summed E-state index contributed by atoms with van der Waals surface area (Å²) in [5.74, 6) is 0.0797. The van der Waals surface area contributed by atoms with Gasteiger partial charge < -0.3 is 25.4 Å². The second-order valence-corrected chi connectivity index (χ2v) is 4.46. The number of nitrogens with two attached hydrogens (primary N) is 1. The largest absolute Gasteiger partial charge is 0.387 e. The summed E-state index contributed by atoms with van der Waals surface area (Å²) >= 11 is 0. The maximum atomic E-state index is 11.7. The fraction of sp³-hybridized carbons (Fsp3) is 0.636. The van der Waals surface area contributed by atoms with Gasteiger partial charge in [0.25, 0.3) is 0 Å². The van der Waals surface area contributed by atoms with Crippen LogP contribution < -0.4 is 11.4 Å². The molecule has 8 nitrogen and oxygen atoms in total. The number of rotatable bonds is 3. The number of nitrogen functional groups attached to an aromatic ring is 1. The van der Waals surface area contributed by atoms with E-state index in [1.165, 1.54) is 19.4 Å². The van der Waals surface area contributed by atoms with Crippen LogP contribution in [0.5, 0.6) is 0 Å². The second-order valence-electron chi connectivity index (χ2n) is 4.46. The first-order valence-electron chi connectivity index (χ1n) is 5.84. The summed E-state index contributed by atoms with van der Waals surface area (Å²) in [7, 11) is 1.47. The number of methoxy groups -OCH3 is 1. The Morgan fingerprint density at radius 2 is 2.21 bits per heavy atom. The Kier molecular flexibility index (Phi) is 3.85. The molecule has 1 aliphatic heterocycles. The van der Waals surface area contributed by atoms with Crippen LogP contribution in [0.15, 0.2) is 17.1 Å². The molecule has 0 spiro atoms. The van der Waals surface area contributed by atoms with Gasteiger partial charge in [-0.15, -0.1) is 0 Å². The van der Waals surface area contributed by atoms with Crippen molar-refractivity contribution in [2.75, 3.05) is 12.8 Å². The maximum absolute atomic E-state index is 11.7. The number of ether oxygens (including phenoxy) is 2. The standard InChI is InChI=1S/C11H17N3O5/c1-5(18-2)9-7(15)8(16)10(19-9)14-4-3-6(12)13-11(14)17/h3-5,7-10,15-16H,1-2H3,(H2,12,13,17)/t5?,7-,8+,9+,10+/m0/s1. The van der Waals surface area contributed by atoms with E-state index in [1.54, 1.807) is 6.92 Å². The molecular weight excluding hydrogens is 254 g/mol. The molecule has 2 rings (SSSR count). The lowest BCUT2D eigenvalue weighted by molar-refractivity contribution is -0.0914. The van der Waals surface area contributed by atoms with E-state index in [1.807, 2.05) is 0 Å². The number of aromatic nitrogens is 2. The van der Waals surface area contributed by atoms with Gasteiger partial charge in [0.2, 0.25) is 0 Å². The van der Waals surface area contributed by atoms with Gasteiger partial charge >= 0.3 is 5.69 Å². The van der Waals surface area contributed by atoms with Crippen molar-refractivity contribution in [3.8, 4) is 0 Å². The molecule has 2 heterocycles. The summed E-state index contributed by atoms with van der Waals surface area (Å²) in [5, 5.41) is 19.9. The molecule has 0 bridgehead atoms. The molecule has 1 saturated heterocycles. The van der Waals surface area contributed by atoms with Gasteiger partial charge in [0, 0.05) is 13.3 Å². The van der Waals surface area contributed by atoms with E-state index in [0.29, 0.717) is 0 Å². The highest BCUT2D eigenvalue weighted by Gasteiger charge is 2.46. The molecule has 0 radical (unpaired) electrons. The van der Waals surface area contributed by atoms with Crippen LogP contribution in [0, 0.1) is 0 Å². The fourth-order valence-corrected chi connectivity index (χ4v) is 2.06. The summed E-state index contributed by atoms with van der Waals surface area (Å²) in [6.07, 6.45) is -3.19. The summed E-state index contributed by atoms with van der Waals surface area (Å²) in [6.45, 7) is 1.70. The van der Waals surface area contributed by atoms with Crippen molar-refractivity contribution in [1.29, 1.82) is 0 Å². The summed E-state index contributed by atoms with van der Waals surface area (Å²) < 4.78 is 11.7. The second kappa shape index (κ2) is 5.25. The van der Waals surface area contributed by atoms with Crippen molar-refractivity contribution < 1.29 is 19.7 Å². The van der Waals surface area contributed by atoms with Gasteiger partial charge in [-0.3, -0.25) is 4.57 Å². The molecule has 1 aliphatic rings. The van der Waals surface area contributed by atoms with E-state index in [9.17, 15) is 15.0 Å². The van der Waals surface area contributed by atoms with Crippen LogP contribution in [0.4, 0.5) is 5.82 Å². The predicted octanol–water partition coefficient (Wildman–Crippen LogP) is -1.52. The lowest BCUT2D eigenvalue weighted by Crippen LogP contribution is -2.38. The molecule has 1 fully saturated rings. The van der Waals surface area contributed by atoms with Crippen LogP contribution in [0.2, 0.25) is 0 Å². The number of hydrogen-bond acceptors (Lipinski definition) is 7. The van der Waals surface area contributed by atoms with E-state index >= 15 is 0 Å². The van der Waals surface area contributed by atoms with Gasteiger partial charge in [-0.05, 0) is 13.0 Å². The van der Waals surface area contributed by atoms with Crippen LogP contribution in [-0.2, 0) is 9.47 Å². The lowest BCUT2D eigenvalue weighted by atomic mass is 10.1. The van der Waals surface area contributed by atoms with Gasteiger partial charge in [-0.1, -0.05) is 0 Å². The molecule has 1 aromatic rings. The molecule has 19 heavy (non-hydrogen) atoms. The van der Waals surface area contributed by atoms with Crippen molar-refractivity contribution in [3.05, 3.63) is 22.7 Å². The molecule has 1 unspecified atom stereocenters. The van der Waals surface area contributed by atoms with Crippen molar-refractivity contribution in [2.24, 2.45) is 0 Å². The molecular formula is C11H17N3O5. The third kappa shape index (κ3) is 2.47. The molecule has 1 aromatic heterocycles. The predicted molar refractivity (Wildman–Crippen MR) is 65.3 cm³/mol. The minimum atomic E-state index is -1.24. The van der Waals surface area contributed by atoms with Gasteiger partial charge in [-0.25, -0.2) is 4.79 Å². The van der Waals surface area contributed by atoms with Crippen molar-refractivity contribution in [2.45, 2.75) is 37.6 Å². The lowest BCUT2D eigenvalue weighted by Gasteiger charge is -2.20. The molecule has 0 saturated carbocycles. The Morgan fingerprint density at radius 1 is 1.53 bits per heavy atom. The van der Waals surface area contributed by atoms with Crippen LogP contribution in [0.1, 0.15) is 13.2 Å². The van der Waals surface area contributed by atoms with Crippen LogP contribution in [0.25, 0.3) is 0 Å². The van der Waals surface area contributed by atoms with Crippen LogP contribution in [0.3, 0.4) is 0 Å². The minimum absolute atomic E-state index is 0.0797. The van der Waals surface area contributed by atoms with Crippen LogP contribution >= 0.6 is 0 Å². The molecule has 5 atom stereocenters. The first kappa shape index (κ1) is 13.9. The summed E-state index contributed by atoms with van der Waals surface area (Å²) in [6, 6.07) is 1.41. The van der Waals surface area contributed by atoms with Crippen molar-refractivity contribution in [1.82, 2.24) is 9.55 Å². The number of nitrogens with zero attached hydrogens (tertiary/aromatic N) is 2. The zero-order valence-electron chi connectivity index (χ0n) is 10.6. The van der Waals surface area contributed by atoms with Crippen molar-refractivity contribution >= 4 is 5.82 Å². The van der Waals surface area contributed by atoms with Gasteiger partial charge in [0.1, 0.15) is 24.1 Å².